The van der Waals surface area contributed by atoms with Gasteiger partial charge in [-0.2, -0.15) is 0 Å². The number of hydrogen-bond donors (Lipinski definition) is 6. The van der Waals surface area contributed by atoms with Gasteiger partial charge in [0.25, 0.3) is 5.91 Å². The van der Waals surface area contributed by atoms with Gasteiger partial charge in [0.1, 0.15) is 5.76 Å². The van der Waals surface area contributed by atoms with Gasteiger partial charge >= 0.3 is 0 Å². The average molecular weight is 601 g/mol. The molecule has 1 aliphatic heterocycles. The van der Waals surface area contributed by atoms with Gasteiger partial charge in [0.2, 0.25) is 0 Å². The van der Waals surface area contributed by atoms with E-state index < -0.39 is 22.9 Å². The van der Waals surface area contributed by atoms with E-state index >= 15 is 0 Å². The van der Waals surface area contributed by atoms with Gasteiger partial charge in [-0.05, 0) is 69.4 Å². The highest BCUT2D eigenvalue weighted by atomic mass is 35.5. The fraction of sp³-hybridized carbons (Fsp3) is 0.621. The number of aliphatic hydroxyl groups is 1. The molecular weight excluding hydrogens is 552 g/mol. The molecule has 1 unspecified atom stereocenters. The number of hydrogen-bond acceptors (Lipinski definition) is 8. The molecule has 1 aromatic carbocycles. The van der Waals surface area contributed by atoms with Crippen LogP contribution >= 0.6 is 23.2 Å². The van der Waals surface area contributed by atoms with E-state index in [4.69, 9.17) is 4.42 Å². The minimum absolute atomic E-state index is 0. The summed E-state index contributed by atoms with van der Waals surface area (Å²) in [6.45, 7) is 10.0. The third-order valence-corrected chi connectivity index (χ3v) is 9.04. The van der Waals surface area contributed by atoms with E-state index in [-0.39, 0.29) is 24.4 Å². The molecule has 1 saturated heterocycles. The van der Waals surface area contributed by atoms with Crippen molar-refractivity contribution in [1.82, 2.24) is 10.6 Å². The third-order valence-electron chi connectivity index (χ3n) is 7.11. The Hall–Kier alpha value is -1.95. The number of rotatable bonds is 15. The van der Waals surface area contributed by atoms with Crippen LogP contribution in [-0.2, 0) is 6.42 Å². The van der Waals surface area contributed by atoms with Crippen LogP contribution in [0.5, 0.6) is 0 Å². The lowest BCUT2D eigenvalue weighted by molar-refractivity contribution is 0.0818. The lowest BCUT2D eigenvalue weighted by Crippen LogP contribution is -2.49. The molecule has 3 atom stereocenters. The van der Waals surface area contributed by atoms with Gasteiger partial charge in [0, 0.05) is 43.3 Å². The molecule has 3 rings (SSSR count). The van der Waals surface area contributed by atoms with Gasteiger partial charge in [-0.15, -0.1) is 23.2 Å². The summed E-state index contributed by atoms with van der Waals surface area (Å²) in [6, 6.07) is 8.59. The first kappa shape index (κ1) is 34.3. The minimum Gasteiger partial charge on any atom is -0.469 e. The number of furan rings is 1. The van der Waals surface area contributed by atoms with E-state index in [0.29, 0.717) is 54.7 Å². The first-order valence-corrected chi connectivity index (χ1v) is 15.9. The summed E-state index contributed by atoms with van der Waals surface area (Å²) in [5, 5.41) is 20.8. The van der Waals surface area contributed by atoms with Crippen LogP contribution in [0.15, 0.2) is 41.0 Å². The molecule has 11 heteroatoms. The van der Waals surface area contributed by atoms with Gasteiger partial charge in [-0.3, -0.25) is 18.2 Å². The molecule has 2 aromatic rings. The van der Waals surface area contributed by atoms with Crippen LogP contribution in [0, 0.1) is 5.92 Å². The highest BCUT2D eigenvalue weighted by molar-refractivity contribution is 8.25. The van der Waals surface area contributed by atoms with Crippen LogP contribution in [0.4, 0.5) is 11.4 Å². The van der Waals surface area contributed by atoms with E-state index in [0.717, 1.165) is 31.4 Å². The van der Waals surface area contributed by atoms with E-state index in [9.17, 15) is 19.0 Å². The van der Waals surface area contributed by atoms with Gasteiger partial charge in [0.15, 0.2) is 0 Å². The van der Waals surface area contributed by atoms with Crippen molar-refractivity contribution in [3.63, 3.8) is 0 Å². The van der Waals surface area contributed by atoms with Crippen LogP contribution in [0.25, 0.3) is 0 Å². The molecular formula is C29H49ClN4O5S. The maximum atomic E-state index is 13.5. The molecule has 0 radical (unpaired) electrons. The number of carbonyl (C=O) groups excluding carboxylic acids is 1. The summed E-state index contributed by atoms with van der Waals surface area (Å²) in [5.41, 5.74) is 1.70. The van der Waals surface area contributed by atoms with E-state index in [1.165, 1.54) is 6.42 Å². The number of halogens is 1. The summed E-state index contributed by atoms with van der Waals surface area (Å²) in [7, 11) is -2.94. The molecule has 0 aliphatic carbocycles. The van der Waals surface area contributed by atoms with Crippen molar-refractivity contribution in [2.45, 2.75) is 84.4 Å². The molecule has 1 aromatic heterocycles. The lowest BCUT2D eigenvalue weighted by Gasteiger charge is -2.47. The summed E-state index contributed by atoms with van der Waals surface area (Å²) in [4.78, 5) is 13.5. The van der Waals surface area contributed by atoms with Crippen LogP contribution < -0.4 is 20.3 Å². The second kappa shape index (κ2) is 16.5. The molecule has 6 N–H and O–H groups in total. The van der Waals surface area contributed by atoms with Gasteiger partial charge in [-0.25, -0.2) is 0 Å². The normalized spacial score (nSPS) is 17.9. The quantitative estimate of drug-likeness (QED) is 0.149. The fourth-order valence-corrected chi connectivity index (χ4v) is 6.55. The molecule has 0 saturated carbocycles. The number of amides is 1. The maximum Gasteiger partial charge on any atom is 0.251 e. The first-order chi connectivity index (χ1) is 18.6. The zero-order valence-electron chi connectivity index (χ0n) is 24.3. The van der Waals surface area contributed by atoms with Crippen molar-refractivity contribution in [3.8, 4) is 0 Å². The van der Waals surface area contributed by atoms with Crippen LogP contribution in [0.2, 0.25) is 0 Å². The average Bonchev–Trinajstić information content (AvgIpc) is 3.39. The molecule has 1 amide bonds. The summed E-state index contributed by atoms with van der Waals surface area (Å²) < 4.78 is 28.5. The lowest BCUT2D eigenvalue weighted by atomic mass is 10.0. The van der Waals surface area contributed by atoms with Crippen molar-refractivity contribution in [3.05, 3.63) is 47.9 Å². The molecule has 228 valence electrons. The molecule has 0 bridgehead atoms. The SMILES string of the molecule is CCNc1cc(C(=O)N[C@@H](Cc2ccco2)[C@@H](O)CNC(C)CCCC(C)C)cc(N2CCCCS2(O)O)c1.Cl. The van der Waals surface area contributed by atoms with Crippen molar-refractivity contribution < 1.29 is 23.4 Å². The number of anilines is 2. The Kier molecular flexibility index (Phi) is 14.1. The Bertz CT molecular complexity index is 1020. The second-order valence-corrected chi connectivity index (χ2v) is 13.1. The van der Waals surface area contributed by atoms with Crippen molar-refractivity contribution in [2.75, 3.05) is 35.0 Å². The number of aliphatic hydroxyl groups excluding tert-OH is 1. The Labute approximate surface area is 247 Å². The minimum atomic E-state index is -2.94. The topological polar surface area (TPSA) is 130 Å². The van der Waals surface area contributed by atoms with Crippen LogP contribution in [0.3, 0.4) is 0 Å². The predicted molar refractivity (Wildman–Crippen MR) is 168 cm³/mol. The third kappa shape index (κ3) is 10.5. The van der Waals surface area contributed by atoms with Crippen molar-refractivity contribution in [1.29, 1.82) is 0 Å². The number of nitrogens with zero attached hydrogens (tertiary/aromatic N) is 1. The Morgan fingerprint density at radius 1 is 1.15 bits per heavy atom. The predicted octanol–water partition coefficient (Wildman–Crippen LogP) is 5.91. The summed E-state index contributed by atoms with van der Waals surface area (Å²) >= 11 is 0. The highest BCUT2D eigenvalue weighted by Gasteiger charge is 2.29. The van der Waals surface area contributed by atoms with Crippen LogP contribution in [-0.4, -0.2) is 63.7 Å². The molecule has 1 aliphatic rings. The Morgan fingerprint density at radius 2 is 1.93 bits per heavy atom. The Morgan fingerprint density at radius 3 is 2.58 bits per heavy atom. The number of benzene rings is 1. The van der Waals surface area contributed by atoms with Crippen LogP contribution in [0.1, 0.15) is 75.9 Å². The first-order valence-electron chi connectivity index (χ1n) is 14.3. The zero-order chi connectivity index (χ0) is 28.4. The number of nitrogens with one attached hydrogen (secondary N) is 3. The zero-order valence-corrected chi connectivity index (χ0v) is 25.9. The van der Waals surface area contributed by atoms with Crippen molar-refractivity contribution >= 4 is 40.5 Å². The highest BCUT2D eigenvalue weighted by Crippen LogP contribution is 2.50. The molecule has 40 heavy (non-hydrogen) atoms. The largest absolute Gasteiger partial charge is 0.469 e. The monoisotopic (exact) mass is 600 g/mol. The van der Waals surface area contributed by atoms with Gasteiger partial charge in [-0.1, -0.05) is 26.7 Å². The van der Waals surface area contributed by atoms with E-state index in [2.05, 4.69) is 36.7 Å². The van der Waals surface area contributed by atoms with Gasteiger partial charge in [0.05, 0.1) is 29.8 Å². The molecule has 1 fully saturated rings. The summed E-state index contributed by atoms with van der Waals surface area (Å²) in [6.07, 6.45) is 6.02. The van der Waals surface area contributed by atoms with E-state index in [1.807, 2.05) is 19.1 Å². The Balaban J connectivity index is 0.00000560. The molecule has 0 spiro atoms. The fourth-order valence-electron chi connectivity index (χ4n) is 4.88. The van der Waals surface area contributed by atoms with Crippen molar-refractivity contribution in [2.24, 2.45) is 5.92 Å². The standard InChI is InChI=1S/C29H48N4O5S.ClH/c1-5-30-24-16-23(17-25(18-24)33-13-6-7-15-39(33,36)37)29(35)32-27(19-26-12-9-14-38-26)28(34)20-31-22(4)11-8-10-21(2)3;/h9,12,14,16-18,21-22,27-28,30-31,34,36-37H,5-8,10-11,13,15,19-20H2,1-4H3,(H,32,35);1H/t22?,27-,28-;/m0./s1. The van der Waals surface area contributed by atoms with E-state index in [1.54, 1.807) is 28.8 Å². The molecule has 2 heterocycles. The molecule has 9 nitrogen and oxygen atoms in total. The number of carbonyl (C=O) groups is 1. The second-order valence-electron chi connectivity index (χ2n) is 11.0. The van der Waals surface area contributed by atoms with Gasteiger partial charge < -0.3 is 25.5 Å². The smallest absolute Gasteiger partial charge is 0.251 e. The maximum absolute atomic E-state index is 13.5. The summed E-state index contributed by atoms with van der Waals surface area (Å²) in [5.74, 6) is 1.32.